The van der Waals surface area contributed by atoms with Gasteiger partial charge in [0, 0.05) is 11.3 Å². The summed E-state index contributed by atoms with van der Waals surface area (Å²) in [5, 5.41) is 8.75. The molecule has 3 N–H and O–H groups in total. The highest BCUT2D eigenvalue weighted by atomic mass is 19.1. The second-order valence-electron chi connectivity index (χ2n) is 3.08. The van der Waals surface area contributed by atoms with Crippen LogP contribution < -0.4 is 5.73 Å². The number of nitrogens with two attached hydrogens (primary N) is 1. The summed E-state index contributed by atoms with van der Waals surface area (Å²) in [5.41, 5.74) is 3.72. The number of halogens is 1. The fourth-order valence-electron chi connectivity index (χ4n) is 1.23. The van der Waals surface area contributed by atoms with Gasteiger partial charge in [-0.3, -0.25) is 0 Å². The molecule has 0 saturated heterocycles. The number of hydrogen-bond donors (Lipinski definition) is 2. The van der Waals surface area contributed by atoms with E-state index in [2.05, 4.69) is 0 Å². The molecule has 0 amide bonds. The molecule has 0 aliphatic carbocycles. The maximum atomic E-state index is 13.9. The lowest BCUT2D eigenvalue weighted by Crippen LogP contribution is -2.29. The molecule has 0 aromatic heterocycles. The van der Waals surface area contributed by atoms with Gasteiger partial charge in [0.05, 0.1) is 0 Å². The van der Waals surface area contributed by atoms with Crippen molar-refractivity contribution in [1.82, 2.24) is 0 Å². The van der Waals surface area contributed by atoms with Crippen LogP contribution in [0.5, 0.6) is 0 Å². The van der Waals surface area contributed by atoms with Crippen molar-refractivity contribution >= 4 is 11.7 Å². The van der Waals surface area contributed by atoms with Gasteiger partial charge in [-0.2, -0.15) is 0 Å². The molecule has 1 rings (SSSR count). The lowest BCUT2D eigenvalue weighted by Gasteiger charge is -2.18. The molecule has 4 heteroatoms. The second kappa shape index (κ2) is 3.65. The van der Waals surface area contributed by atoms with Crippen LogP contribution in [0.1, 0.15) is 18.9 Å². The molecule has 0 radical (unpaired) electrons. The maximum Gasteiger partial charge on any atom is 0.346 e. The zero-order valence-electron chi connectivity index (χ0n) is 7.83. The van der Waals surface area contributed by atoms with Crippen molar-refractivity contribution < 1.29 is 14.3 Å². The summed E-state index contributed by atoms with van der Waals surface area (Å²) in [7, 11) is 0. The van der Waals surface area contributed by atoms with E-state index < -0.39 is 11.6 Å². The number of hydrogen-bond acceptors (Lipinski definition) is 2. The van der Waals surface area contributed by atoms with E-state index in [1.54, 1.807) is 0 Å². The van der Waals surface area contributed by atoms with Crippen molar-refractivity contribution in [2.75, 3.05) is 5.73 Å². The van der Waals surface area contributed by atoms with Gasteiger partial charge in [-0.25, -0.2) is 9.18 Å². The Morgan fingerprint density at radius 3 is 2.36 bits per heavy atom. The number of benzene rings is 1. The minimum absolute atomic E-state index is 0.105. The van der Waals surface area contributed by atoms with Gasteiger partial charge in [0.2, 0.25) is 5.67 Å². The highest BCUT2D eigenvalue weighted by molar-refractivity contribution is 5.79. The van der Waals surface area contributed by atoms with Crippen LogP contribution in [0.15, 0.2) is 24.3 Å². The van der Waals surface area contributed by atoms with Gasteiger partial charge in [-0.05, 0) is 18.6 Å². The van der Waals surface area contributed by atoms with E-state index >= 15 is 0 Å². The zero-order valence-corrected chi connectivity index (χ0v) is 7.83. The highest BCUT2D eigenvalue weighted by Crippen LogP contribution is 2.30. The van der Waals surface area contributed by atoms with Crippen molar-refractivity contribution in [2.45, 2.75) is 19.0 Å². The average Bonchev–Trinajstić information content (AvgIpc) is 2.17. The van der Waals surface area contributed by atoms with Gasteiger partial charge in [-0.1, -0.05) is 19.1 Å². The predicted molar refractivity (Wildman–Crippen MR) is 51.6 cm³/mol. The largest absolute Gasteiger partial charge is 0.479 e. The Labute approximate surface area is 81.4 Å². The van der Waals surface area contributed by atoms with Crippen LogP contribution in [0.4, 0.5) is 10.1 Å². The van der Waals surface area contributed by atoms with Crippen molar-refractivity contribution in [3.8, 4) is 0 Å². The van der Waals surface area contributed by atoms with Gasteiger partial charge in [0.25, 0.3) is 0 Å². The van der Waals surface area contributed by atoms with Crippen LogP contribution in [0.2, 0.25) is 0 Å². The number of rotatable bonds is 3. The number of alkyl halides is 1. The van der Waals surface area contributed by atoms with Crippen molar-refractivity contribution in [3.05, 3.63) is 29.8 Å². The monoisotopic (exact) mass is 197 g/mol. The summed E-state index contributed by atoms with van der Waals surface area (Å²) in [6.07, 6.45) is -0.105. The van der Waals surface area contributed by atoms with Crippen LogP contribution in [0.25, 0.3) is 0 Å². The maximum absolute atomic E-state index is 13.9. The Bertz CT molecular complexity index is 336. The SMILES string of the molecule is CCC(F)(C(=O)O)c1ccc(N)cc1. The van der Waals surface area contributed by atoms with Crippen LogP contribution in [-0.4, -0.2) is 11.1 Å². The molecule has 1 aromatic rings. The third kappa shape index (κ3) is 1.69. The summed E-state index contributed by atoms with van der Waals surface area (Å²) in [6.45, 7) is 1.49. The molecule has 76 valence electrons. The Kier molecular flexibility index (Phi) is 2.74. The number of carbonyl (C=O) groups is 1. The van der Waals surface area contributed by atoms with Gasteiger partial charge >= 0.3 is 5.97 Å². The first-order valence-electron chi connectivity index (χ1n) is 4.29. The third-order valence-electron chi connectivity index (χ3n) is 2.19. The van der Waals surface area contributed by atoms with Gasteiger partial charge in [0.15, 0.2) is 0 Å². The number of anilines is 1. The predicted octanol–water partition coefficient (Wildman–Crippen LogP) is 1.93. The number of nitrogen functional groups attached to an aromatic ring is 1. The summed E-state index contributed by atoms with van der Waals surface area (Å²) in [5.74, 6) is -1.47. The Morgan fingerprint density at radius 2 is 2.00 bits per heavy atom. The Morgan fingerprint density at radius 1 is 1.50 bits per heavy atom. The van der Waals surface area contributed by atoms with Crippen LogP contribution in [0.3, 0.4) is 0 Å². The van der Waals surface area contributed by atoms with Crippen LogP contribution >= 0.6 is 0 Å². The average molecular weight is 197 g/mol. The summed E-state index contributed by atoms with van der Waals surface area (Å²) in [4.78, 5) is 10.7. The minimum Gasteiger partial charge on any atom is -0.479 e. The van der Waals surface area contributed by atoms with E-state index in [1.165, 1.54) is 31.2 Å². The molecule has 1 aromatic carbocycles. The summed E-state index contributed by atoms with van der Waals surface area (Å²) >= 11 is 0. The molecule has 0 heterocycles. The quantitative estimate of drug-likeness (QED) is 0.728. The van der Waals surface area contributed by atoms with E-state index in [1.807, 2.05) is 0 Å². The fourth-order valence-corrected chi connectivity index (χ4v) is 1.23. The van der Waals surface area contributed by atoms with Gasteiger partial charge in [0.1, 0.15) is 0 Å². The van der Waals surface area contributed by atoms with E-state index in [0.29, 0.717) is 5.69 Å². The van der Waals surface area contributed by atoms with Crippen LogP contribution in [-0.2, 0) is 10.5 Å². The summed E-state index contributed by atoms with van der Waals surface area (Å²) < 4.78 is 13.9. The first-order valence-corrected chi connectivity index (χ1v) is 4.29. The lowest BCUT2D eigenvalue weighted by atomic mass is 9.93. The smallest absolute Gasteiger partial charge is 0.346 e. The molecule has 3 nitrogen and oxygen atoms in total. The molecule has 0 saturated carbocycles. The number of carboxylic acid groups (broad SMARTS) is 1. The molecule has 1 atom stereocenters. The normalized spacial score (nSPS) is 14.7. The molecule has 0 bridgehead atoms. The third-order valence-corrected chi connectivity index (χ3v) is 2.19. The van der Waals surface area contributed by atoms with Crippen molar-refractivity contribution in [3.63, 3.8) is 0 Å². The minimum atomic E-state index is -2.31. The number of carboxylic acids is 1. The van der Waals surface area contributed by atoms with Crippen molar-refractivity contribution in [2.24, 2.45) is 0 Å². The number of aliphatic carboxylic acids is 1. The summed E-state index contributed by atoms with van der Waals surface area (Å²) in [6, 6.07) is 5.77. The molecule has 1 unspecified atom stereocenters. The Hall–Kier alpha value is -1.58. The lowest BCUT2D eigenvalue weighted by molar-refractivity contribution is -0.151. The fraction of sp³-hybridized carbons (Fsp3) is 0.300. The van der Waals surface area contributed by atoms with Gasteiger partial charge in [-0.15, -0.1) is 0 Å². The first-order chi connectivity index (χ1) is 6.50. The van der Waals surface area contributed by atoms with E-state index in [9.17, 15) is 9.18 Å². The highest BCUT2D eigenvalue weighted by Gasteiger charge is 2.38. The Balaban J connectivity index is 3.13. The standard InChI is InChI=1S/C10H12FNO2/c1-2-10(11,9(13)14)7-3-5-8(12)6-4-7/h3-6H,2,12H2,1H3,(H,13,14). The zero-order chi connectivity index (χ0) is 10.8. The molecule has 14 heavy (non-hydrogen) atoms. The first kappa shape index (κ1) is 10.5. The topological polar surface area (TPSA) is 63.3 Å². The van der Waals surface area contributed by atoms with Gasteiger partial charge < -0.3 is 10.8 Å². The molecule has 0 aliphatic heterocycles. The molecular formula is C10H12FNO2. The molecule has 0 fully saturated rings. The van der Waals surface area contributed by atoms with E-state index in [0.717, 1.165) is 0 Å². The van der Waals surface area contributed by atoms with E-state index in [-0.39, 0.29) is 12.0 Å². The van der Waals surface area contributed by atoms with Crippen molar-refractivity contribution in [1.29, 1.82) is 0 Å². The molecule has 0 spiro atoms. The molecular weight excluding hydrogens is 185 g/mol. The van der Waals surface area contributed by atoms with Crippen LogP contribution in [0, 0.1) is 0 Å². The molecule has 0 aliphatic rings. The van der Waals surface area contributed by atoms with E-state index in [4.69, 9.17) is 10.8 Å². The second-order valence-corrected chi connectivity index (χ2v) is 3.08.